The molecule has 1 atom stereocenters. The van der Waals surface area contributed by atoms with Gasteiger partial charge in [-0.3, -0.25) is 13.9 Å². The lowest BCUT2D eigenvalue weighted by Crippen LogP contribution is -2.53. The topological polar surface area (TPSA) is 86.8 Å². The van der Waals surface area contributed by atoms with Gasteiger partial charge >= 0.3 is 0 Å². The molecule has 11 heteroatoms. The van der Waals surface area contributed by atoms with Crippen molar-refractivity contribution in [1.82, 2.24) is 10.2 Å². The maximum atomic E-state index is 13.7. The van der Waals surface area contributed by atoms with Crippen molar-refractivity contribution in [2.75, 3.05) is 17.1 Å². The van der Waals surface area contributed by atoms with Crippen molar-refractivity contribution in [2.24, 2.45) is 0 Å². The van der Waals surface area contributed by atoms with Gasteiger partial charge in [-0.15, -0.1) is 0 Å². The van der Waals surface area contributed by atoms with Gasteiger partial charge < -0.3 is 10.2 Å². The molecule has 3 rings (SSSR count). The highest BCUT2D eigenvalue weighted by molar-refractivity contribution is 7.92. The van der Waals surface area contributed by atoms with E-state index in [1.807, 2.05) is 0 Å². The lowest BCUT2D eigenvalue weighted by Gasteiger charge is -2.33. The first kappa shape index (κ1) is 28.2. The van der Waals surface area contributed by atoms with Crippen LogP contribution in [-0.2, 0) is 26.2 Å². The monoisotopic (exact) mass is 557 g/mol. The lowest BCUT2D eigenvalue weighted by molar-refractivity contribution is -0.140. The van der Waals surface area contributed by atoms with E-state index >= 15 is 0 Å². The van der Waals surface area contributed by atoms with Crippen LogP contribution in [-0.4, -0.2) is 50.0 Å². The van der Waals surface area contributed by atoms with Crippen molar-refractivity contribution in [2.45, 2.75) is 57.7 Å². The average Bonchev–Trinajstić information content (AvgIpc) is 3.32. The van der Waals surface area contributed by atoms with E-state index in [0.29, 0.717) is 17.0 Å². The zero-order valence-corrected chi connectivity index (χ0v) is 22.5. The third kappa shape index (κ3) is 7.11. The lowest BCUT2D eigenvalue weighted by atomic mass is 10.1. The minimum Gasteiger partial charge on any atom is -0.352 e. The molecule has 196 valence electrons. The molecule has 0 aromatic heterocycles. The predicted molar refractivity (Wildman–Crippen MR) is 140 cm³/mol. The summed E-state index contributed by atoms with van der Waals surface area (Å²) < 4.78 is 39.8. The van der Waals surface area contributed by atoms with Crippen molar-refractivity contribution < 1.29 is 22.4 Å². The van der Waals surface area contributed by atoms with E-state index in [-0.39, 0.29) is 29.2 Å². The number of amides is 2. The Morgan fingerprint density at radius 3 is 2.36 bits per heavy atom. The number of sulfonamides is 1. The Morgan fingerprint density at radius 1 is 1.11 bits per heavy atom. The molecule has 2 aromatic carbocycles. The molecule has 7 nitrogen and oxygen atoms in total. The summed E-state index contributed by atoms with van der Waals surface area (Å²) >= 11 is 12.2. The molecule has 2 aromatic rings. The normalized spacial score (nSPS) is 14.9. The van der Waals surface area contributed by atoms with Crippen LogP contribution in [0.25, 0.3) is 0 Å². The summed E-state index contributed by atoms with van der Waals surface area (Å²) in [5.41, 5.74) is 0.661. The molecule has 1 fully saturated rings. The maximum Gasteiger partial charge on any atom is 0.244 e. The highest BCUT2D eigenvalue weighted by Gasteiger charge is 2.33. The number of rotatable bonds is 10. The number of nitrogens with zero attached hydrogens (tertiary/aromatic N) is 2. The molecule has 0 saturated heterocycles. The fourth-order valence-electron chi connectivity index (χ4n) is 4.35. The molecule has 1 aliphatic rings. The minimum absolute atomic E-state index is 0.0108. The first-order chi connectivity index (χ1) is 17.0. The van der Waals surface area contributed by atoms with Gasteiger partial charge in [-0.05, 0) is 49.1 Å². The fraction of sp³-hybridized carbons (Fsp3) is 0.440. The van der Waals surface area contributed by atoms with Crippen molar-refractivity contribution in [3.05, 3.63) is 63.9 Å². The molecule has 1 unspecified atom stereocenters. The van der Waals surface area contributed by atoms with Crippen LogP contribution in [0.3, 0.4) is 0 Å². The van der Waals surface area contributed by atoms with Crippen LogP contribution in [0.15, 0.2) is 42.5 Å². The van der Waals surface area contributed by atoms with Crippen molar-refractivity contribution in [3.63, 3.8) is 0 Å². The second-order valence-corrected chi connectivity index (χ2v) is 11.6. The Kier molecular flexibility index (Phi) is 9.60. The van der Waals surface area contributed by atoms with Gasteiger partial charge in [-0.1, -0.05) is 61.2 Å². The average molecular weight is 559 g/mol. The zero-order chi connectivity index (χ0) is 26.5. The van der Waals surface area contributed by atoms with Crippen LogP contribution in [0.5, 0.6) is 0 Å². The van der Waals surface area contributed by atoms with Crippen LogP contribution in [0.4, 0.5) is 10.1 Å². The van der Waals surface area contributed by atoms with Gasteiger partial charge in [0.1, 0.15) is 18.4 Å². The van der Waals surface area contributed by atoms with Crippen molar-refractivity contribution in [3.8, 4) is 0 Å². The summed E-state index contributed by atoms with van der Waals surface area (Å²) in [5, 5.41) is 3.19. The number of carbonyl (C=O) groups excluding carboxylic acids is 2. The molecule has 0 radical (unpaired) electrons. The molecule has 0 bridgehead atoms. The van der Waals surface area contributed by atoms with Gasteiger partial charge in [0.05, 0.1) is 17.0 Å². The third-order valence-corrected chi connectivity index (χ3v) is 8.06. The van der Waals surface area contributed by atoms with Gasteiger partial charge in [0, 0.05) is 17.6 Å². The fourth-order valence-corrected chi connectivity index (χ4v) is 5.56. The van der Waals surface area contributed by atoms with Crippen LogP contribution in [0.2, 0.25) is 10.0 Å². The summed E-state index contributed by atoms with van der Waals surface area (Å²) in [5.74, 6) is -1.61. The highest BCUT2D eigenvalue weighted by Crippen LogP contribution is 2.26. The number of benzene rings is 2. The van der Waals surface area contributed by atoms with Gasteiger partial charge in [0.2, 0.25) is 21.8 Å². The summed E-state index contributed by atoms with van der Waals surface area (Å²) in [6.45, 7) is 1.20. The van der Waals surface area contributed by atoms with Crippen LogP contribution >= 0.6 is 23.2 Å². The standard InChI is InChI=1S/C25H30Cl2FN3O4S/c1-3-23(25(33)29-18-9-5-6-10-18)30(15-17-8-4-7-11-20(17)26)24(32)16-31(36(2,34)35)19-12-13-22(28)21(27)14-19/h4,7-8,11-14,18,23H,3,5-6,9-10,15-16H2,1-2H3,(H,29,33). The van der Waals surface area contributed by atoms with Gasteiger partial charge in [-0.2, -0.15) is 0 Å². The molecule has 1 N–H and O–H groups in total. The molecular weight excluding hydrogens is 528 g/mol. The number of halogens is 3. The molecular formula is C25H30Cl2FN3O4S. The minimum atomic E-state index is -3.95. The largest absolute Gasteiger partial charge is 0.352 e. The zero-order valence-electron chi connectivity index (χ0n) is 20.2. The maximum absolute atomic E-state index is 13.7. The Morgan fingerprint density at radius 2 is 1.78 bits per heavy atom. The van der Waals surface area contributed by atoms with Gasteiger partial charge in [0.25, 0.3) is 0 Å². The van der Waals surface area contributed by atoms with Crippen molar-refractivity contribution in [1.29, 1.82) is 0 Å². The van der Waals surface area contributed by atoms with E-state index in [4.69, 9.17) is 23.2 Å². The third-order valence-electron chi connectivity index (χ3n) is 6.26. The molecule has 1 aliphatic carbocycles. The number of carbonyl (C=O) groups is 2. The molecule has 1 saturated carbocycles. The molecule has 0 aliphatic heterocycles. The summed E-state index contributed by atoms with van der Waals surface area (Å²) in [6, 6.07) is 9.58. The molecule has 2 amide bonds. The number of nitrogens with one attached hydrogen (secondary N) is 1. The number of anilines is 1. The highest BCUT2D eigenvalue weighted by atomic mass is 35.5. The van der Waals surface area contributed by atoms with Gasteiger partial charge in [-0.25, -0.2) is 12.8 Å². The van der Waals surface area contributed by atoms with Gasteiger partial charge in [0.15, 0.2) is 0 Å². The molecule has 0 spiro atoms. The Labute approximate surface area is 221 Å². The van der Waals surface area contributed by atoms with E-state index in [0.717, 1.165) is 48.4 Å². The predicted octanol–water partition coefficient (Wildman–Crippen LogP) is 4.76. The summed E-state index contributed by atoms with van der Waals surface area (Å²) in [4.78, 5) is 28.3. The first-order valence-corrected chi connectivity index (χ1v) is 14.4. The molecule has 0 heterocycles. The molecule has 36 heavy (non-hydrogen) atoms. The smallest absolute Gasteiger partial charge is 0.244 e. The van der Waals surface area contributed by atoms with Crippen LogP contribution in [0.1, 0.15) is 44.6 Å². The first-order valence-electron chi connectivity index (χ1n) is 11.8. The van der Waals surface area contributed by atoms with Crippen LogP contribution < -0.4 is 9.62 Å². The number of hydrogen-bond donors (Lipinski definition) is 1. The SMILES string of the molecule is CCC(C(=O)NC1CCCC1)N(Cc1ccccc1Cl)C(=O)CN(c1ccc(F)c(Cl)c1)S(C)(=O)=O. The van der Waals surface area contributed by atoms with E-state index in [9.17, 15) is 22.4 Å². The quantitative estimate of drug-likeness (QED) is 0.456. The number of hydrogen-bond acceptors (Lipinski definition) is 4. The Balaban J connectivity index is 1.94. The van der Waals surface area contributed by atoms with Crippen LogP contribution in [0, 0.1) is 5.82 Å². The van der Waals surface area contributed by atoms with Crippen molar-refractivity contribution >= 4 is 50.7 Å². The second kappa shape index (κ2) is 12.3. The Bertz CT molecular complexity index is 1210. The Hall–Kier alpha value is -2.36. The van der Waals surface area contributed by atoms with E-state index in [1.54, 1.807) is 31.2 Å². The summed E-state index contributed by atoms with van der Waals surface area (Å²) in [6.07, 6.45) is 5.10. The van der Waals surface area contributed by atoms with E-state index in [1.165, 1.54) is 11.0 Å². The second-order valence-electron chi connectivity index (χ2n) is 8.90. The summed E-state index contributed by atoms with van der Waals surface area (Å²) in [7, 11) is -3.95. The van der Waals surface area contributed by atoms with E-state index in [2.05, 4.69) is 5.32 Å². The van der Waals surface area contributed by atoms with E-state index < -0.39 is 34.3 Å².